The van der Waals surface area contributed by atoms with Crippen molar-refractivity contribution in [2.24, 2.45) is 11.1 Å². The lowest BCUT2D eigenvalue weighted by atomic mass is 9.79. The van der Waals surface area contributed by atoms with Crippen molar-refractivity contribution in [1.29, 1.82) is 0 Å². The van der Waals surface area contributed by atoms with Crippen LogP contribution in [0.15, 0.2) is 18.2 Å². The predicted molar refractivity (Wildman–Crippen MR) is 72.2 cm³/mol. The molecular weight excluding hydrogens is 206 g/mol. The van der Waals surface area contributed by atoms with Gasteiger partial charge in [-0.15, -0.1) is 0 Å². The Morgan fingerprint density at radius 1 is 1.18 bits per heavy atom. The maximum Gasteiger partial charge on any atom is 0.0135 e. The largest absolute Gasteiger partial charge is 0.330 e. The fourth-order valence-electron chi connectivity index (χ4n) is 3.86. The van der Waals surface area contributed by atoms with Crippen LogP contribution in [0.1, 0.15) is 49.8 Å². The van der Waals surface area contributed by atoms with Gasteiger partial charge in [0, 0.05) is 12.0 Å². The zero-order chi connectivity index (χ0) is 12.1. The van der Waals surface area contributed by atoms with Crippen LogP contribution < -0.4 is 5.73 Å². The lowest BCUT2D eigenvalue weighted by Gasteiger charge is -2.26. The second-order valence-electron chi connectivity index (χ2n) is 6.50. The standard InChI is InChI=1S/C16H23N/c1-15(2)10-16(15,11-17)14-9-5-7-12-6-3-4-8-13(12)14/h5,7,9H,3-4,6,8,10-11,17H2,1-2H3. The lowest BCUT2D eigenvalue weighted by molar-refractivity contribution is 0.496. The van der Waals surface area contributed by atoms with Gasteiger partial charge in [-0.25, -0.2) is 0 Å². The number of benzene rings is 1. The van der Waals surface area contributed by atoms with E-state index in [0.717, 1.165) is 6.54 Å². The summed E-state index contributed by atoms with van der Waals surface area (Å²) >= 11 is 0. The molecule has 1 saturated carbocycles. The molecule has 1 heteroatoms. The quantitative estimate of drug-likeness (QED) is 0.828. The Morgan fingerprint density at radius 3 is 2.53 bits per heavy atom. The van der Waals surface area contributed by atoms with Gasteiger partial charge in [-0.3, -0.25) is 0 Å². The van der Waals surface area contributed by atoms with E-state index in [0.29, 0.717) is 5.41 Å². The highest BCUT2D eigenvalue weighted by Crippen LogP contribution is 2.64. The second kappa shape index (κ2) is 3.58. The SMILES string of the molecule is CC1(C)CC1(CN)c1cccc2c1CCCC2. The van der Waals surface area contributed by atoms with E-state index in [1.54, 1.807) is 16.7 Å². The van der Waals surface area contributed by atoms with Crippen LogP contribution in [-0.4, -0.2) is 6.54 Å². The predicted octanol–water partition coefficient (Wildman–Crippen LogP) is 3.19. The lowest BCUT2D eigenvalue weighted by Crippen LogP contribution is -2.27. The molecule has 3 rings (SSSR count). The molecule has 0 aromatic heterocycles. The maximum absolute atomic E-state index is 6.11. The van der Waals surface area contributed by atoms with Gasteiger partial charge in [0.25, 0.3) is 0 Å². The zero-order valence-corrected chi connectivity index (χ0v) is 11.1. The average Bonchev–Trinajstić information content (AvgIpc) is 2.92. The monoisotopic (exact) mass is 229 g/mol. The first-order valence-corrected chi connectivity index (χ1v) is 6.92. The molecule has 1 unspecified atom stereocenters. The molecule has 1 fully saturated rings. The number of rotatable bonds is 2. The Morgan fingerprint density at radius 2 is 1.88 bits per heavy atom. The van der Waals surface area contributed by atoms with Crippen LogP contribution in [0.25, 0.3) is 0 Å². The van der Waals surface area contributed by atoms with Crippen molar-refractivity contribution in [3.63, 3.8) is 0 Å². The Balaban J connectivity index is 2.10. The van der Waals surface area contributed by atoms with Gasteiger partial charge >= 0.3 is 0 Å². The molecule has 92 valence electrons. The summed E-state index contributed by atoms with van der Waals surface area (Å²) in [6.07, 6.45) is 6.50. The van der Waals surface area contributed by atoms with E-state index in [2.05, 4.69) is 32.0 Å². The number of fused-ring (bicyclic) bond motifs is 1. The maximum atomic E-state index is 6.11. The zero-order valence-electron chi connectivity index (χ0n) is 11.1. The highest BCUT2D eigenvalue weighted by molar-refractivity contribution is 5.47. The van der Waals surface area contributed by atoms with Crippen LogP contribution >= 0.6 is 0 Å². The molecule has 0 spiro atoms. The highest BCUT2D eigenvalue weighted by atomic mass is 14.7. The van der Waals surface area contributed by atoms with Crippen molar-refractivity contribution in [2.75, 3.05) is 6.54 Å². The molecule has 0 heterocycles. The van der Waals surface area contributed by atoms with Crippen LogP contribution in [0.3, 0.4) is 0 Å². The molecule has 17 heavy (non-hydrogen) atoms. The summed E-state index contributed by atoms with van der Waals surface area (Å²) in [7, 11) is 0. The first-order valence-electron chi connectivity index (χ1n) is 6.92. The van der Waals surface area contributed by atoms with E-state index in [9.17, 15) is 0 Å². The van der Waals surface area contributed by atoms with Gasteiger partial charge in [0.1, 0.15) is 0 Å². The van der Waals surface area contributed by atoms with E-state index in [-0.39, 0.29) is 5.41 Å². The summed E-state index contributed by atoms with van der Waals surface area (Å²) in [5, 5.41) is 0. The summed E-state index contributed by atoms with van der Waals surface area (Å²) in [6, 6.07) is 6.90. The van der Waals surface area contributed by atoms with E-state index in [4.69, 9.17) is 5.73 Å². The molecule has 2 aliphatic carbocycles. The minimum Gasteiger partial charge on any atom is -0.330 e. The molecule has 0 saturated heterocycles. The van der Waals surface area contributed by atoms with E-state index in [1.165, 1.54) is 32.1 Å². The molecule has 0 radical (unpaired) electrons. The van der Waals surface area contributed by atoms with Crippen LogP contribution in [0.2, 0.25) is 0 Å². The van der Waals surface area contributed by atoms with E-state index < -0.39 is 0 Å². The van der Waals surface area contributed by atoms with Crippen LogP contribution in [-0.2, 0) is 18.3 Å². The van der Waals surface area contributed by atoms with E-state index >= 15 is 0 Å². The molecule has 0 bridgehead atoms. The van der Waals surface area contributed by atoms with Gasteiger partial charge in [-0.2, -0.15) is 0 Å². The fourth-order valence-corrected chi connectivity index (χ4v) is 3.86. The smallest absolute Gasteiger partial charge is 0.0135 e. The Bertz CT molecular complexity index is 447. The van der Waals surface area contributed by atoms with Gasteiger partial charge in [0.15, 0.2) is 0 Å². The van der Waals surface area contributed by atoms with Gasteiger partial charge in [-0.05, 0) is 54.2 Å². The van der Waals surface area contributed by atoms with Crippen molar-refractivity contribution < 1.29 is 0 Å². The Kier molecular flexibility index (Phi) is 2.38. The Hall–Kier alpha value is -0.820. The minimum absolute atomic E-state index is 0.273. The first kappa shape index (κ1) is 11.3. The summed E-state index contributed by atoms with van der Waals surface area (Å²) in [5.41, 5.74) is 11.6. The van der Waals surface area contributed by atoms with Crippen molar-refractivity contribution in [2.45, 2.75) is 51.4 Å². The third-order valence-electron chi connectivity index (χ3n) is 5.17. The van der Waals surface area contributed by atoms with Crippen LogP contribution in [0.4, 0.5) is 0 Å². The summed E-state index contributed by atoms with van der Waals surface area (Å²) in [6.45, 7) is 5.53. The number of hydrogen-bond donors (Lipinski definition) is 1. The second-order valence-corrected chi connectivity index (χ2v) is 6.50. The third kappa shape index (κ3) is 1.48. The number of nitrogens with two attached hydrogens (primary N) is 1. The normalized spacial score (nSPS) is 29.8. The minimum atomic E-state index is 0.273. The molecule has 2 N–H and O–H groups in total. The molecule has 2 aliphatic rings. The van der Waals surface area contributed by atoms with Gasteiger partial charge < -0.3 is 5.73 Å². The highest BCUT2D eigenvalue weighted by Gasteiger charge is 2.61. The van der Waals surface area contributed by atoms with Crippen molar-refractivity contribution in [3.8, 4) is 0 Å². The van der Waals surface area contributed by atoms with Crippen molar-refractivity contribution in [1.82, 2.24) is 0 Å². The molecular formula is C16H23N. The van der Waals surface area contributed by atoms with Crippen molar-refractivity contribution in [3.05, 3.63) is 34.9 Å². The first-order chi connectivity index (χ1) is 8.11. The molecule has 0 amide bonds. The van der Waals surface area contributed by atoms with E-state index in [1.807, 2.05) is 0 Å². The summed E-state index contributed by atoms with van der Waals surface area (Å²) < 4.78 is 0. The average molecular weight is 229 g/mol. The van der Waals surface area contributed by atoms with Gasteiger partial charge in [0.05, 0.1) is 0 Å². The summed E-state index contributed by atoms with van der Waals surface area (Å²) in [5.74, 6) is 0. The van der Waals surface area contributed by atoms with Gasteiger partial charge in [-0.1, -0.05) is 32.0 Å². The molecule has 1 atom stereocenters. The number of hydrogen-bond acceptors (Lipinski definition) is 1. The summed E-state index contributed by atoms with van der Waals surface area (Å²) in [4.78, 5) is 0. The molecule has 1 aromatic rings. The third-order valence-corrected chi connectivity index (χ3v) is 5.17. The fraction of sp³-hybridized carbons (Fsp3) is 0.625. The van der Waals surface area contributed by atoms with Crippen molar-refractivity contribution >= 4 is 0 Å². The number of aryl methyl sites for hydroxylation is 1. The van der Waals surface area contributed by atoms with Crippen LogP contribution in [0.5, 0.6) is 0 Å². The van der Waals surface area contributed by atoms with Gasteiger partial charge in [0.2, 0.25) is 0 Å². The molecule has 0 aliphatic heterocycles. The molecule has 1 aromatic carbocycles. The molecule has 1 nitrogen and oxygen atoms in total. The van der Waals surface area contributed by atoms with Crippen LogP contribution in [0, 0.1) is 5.41 Å². The Labute approximate surface area is 104 Å². The topological polar surface area (TPSA) is 26.0 Å².